The van der Waals surface area contributed by atoms with Crippen LogP contribution in [0.4, 0.5) is 11.5 Å². The Labute approximate surface area is 207 Å². The molecule has 2 aromatic carbocycles. The lowest BCUT2D eigenvalue weighted by Gasteiger charge is -2.44. The van der Waals surface area contributed by atoms with Crippen LogP contribution in [0, 0.1) is 12.8 Å². The fraction of sp³-hybridized carbons (Fsp3) is 0.484. The van der Waals surface area contributed by atoms with Crippen LogP contribution in [-0.2, 0) is 0 Å². The summed E-state index contributed by atoms with van der Waals surface area (Å²) >= 11 is 0. The van der Waals surface area contributed by atoms with Gasteiger partial charge in [-0.25, -0.2) is 9.97 Å². The Morgan fingerprint density at radius 1 is 0.824 bits per heavy atom. The molecule has 182 valence electrons. The highest BCUT2D eigenvalue weighted by atomic mass is 15.2. The molecule has 3 nitrogen and oxygen atoms in total. The van der Waals surface area contributed by atoms with Gasteiger partial charge in [0.15, 0.2) is 5.82 Å². The number of nitrogens with zero attached hydrogens (tertiary/aromatic N) is 3. The summed E-state index contributed by atoms with van der Waals surface area (Å²) in [6.07, 6.45) is 2.01. The summed E-state index contributed by atoms with van der Waals surface area (Å²) in [7, 11) is 0. The van der Waals surface area contributed by atoms with Crippen molar-refractivity contribution in [3.8, 4) is 11.4 Å². The largest absolute Gasteiger partial charge is 0.323 e. The minimum Gasteiger partial charge on any atom is -0.323 e. The van der Waals surface area contributed by atoms with Crippen LogP contribution >= 0.6 is 0 Å². The summed E-state index contributed by atoms with van der Waals surface area (Å²) < 4.78 is 0. The quantitative estimate of drug-likeness (QED) is 0.391. The Hall–Kier alpha value is -2.68. The third-order valence-corrected chi connectivity index (χ3v) is 7.41. The number of hydrogen-bond acceptors (Lipinski definition) is 3. The number of fused-ring (bicyclic) bond motifs is 1. The zero-order valence-corrected chi connectivity index (χ0v) is 22.8. The summed E-state index contributed by atoms with van der Waals surface area (Å²) in [4.78, 5) is 12.6. The molecular formula is C31H43N3. The molecule has 0 fully saturated rings. The molecule has 34 heavy (non-hydrogen) atoms. The van der Waals surface area contributed by atoms with Crippen LogP contribution < -0.4 is 4.90 Å². The second-order valence-electron chi connectivity index (χ2n) is 10.1. The molecular weight excluding hydrogens is 414 g/mol. The van der Waals surface area contributed by atoms with Crippen LogP contribution in [0.3, 0.4) is 0 Å². The van der Waals surface area contributed by atoms with Gasteiger partial charge in [0, 0.05) is 29.1 Å². The molecule has 4 rings (SSSR count). The summed E-state index contributed by atoms with van der Waals surface area (Å²) in [5, 5.41) is 0. The van der Waals surface area contributed by atoms with Crippen LogP contribution in [-0.4, -0.2) is 16.0 Å². The molecule has 0 amide bonds. The predicted octanol–water partition coefficient (Wildman–Crippen LogP) is 9.00. The average Bonchev–Trinajstić information content (AvgIpc) is 2.84. The molecule has 0 saturated heterocycles. The predicted molar refractivity (Wildman–Crippen MR) is 147 cm³/mol. The minimum absolute atomic E-state index is 0.353. The van der Waals surface area contributed by atoms with E-state index in [1.807, 2.05) is 20.0 Å². The first kappa shape index (κ1) is 25.9. The molecule has 2 heterocycles. The lowest BCUT2D eigenvalue weighted by molar-refractivity contribution is 0.391. The summed E-state index contributed by atoms with van der Waals surface area (Å²) in [5.41, 5.74) is 7.64. The molecule has 0 aliphatic carbocycles. The van der Waals surface area contributed by atoms with Gasteiger partial charge >= 0.3 is 0 Å². The average molecular weight is 458 g/mol. The maximum absolute atomic E-state index is 5.28. The highest BCUT2D eigenvalue weighted by Gasteiger charge is 2.36. The van der Waals surface area contributed by atoms with Crippen molar-refractivity contribution in [2.75, 3.05) is 4.90 Å². The summed E-state index contributed by atoms with van der Waals surface area (Å²) in [6.45, 7) is 22.2. The molecule has 1 aliphatic rings. The maximum atomic E-state index is 5.28. The second-order valence-corrected chi connectivity index (χ2v) is 10.1. The first-order valence-electron chi connectivity index (χ1n) is 13.1. The number of aryl methyl sites for hydroxylation is 1. The van der Waals surface area contributed by atoms with Crippen LogP contribution in [0.15, 0.2) is 48.7 Å². The van der Waals surface area contributed by atoms with E-state index in [-0.39, 0.29) is 0 Å². The van der Waals surface area contributed by atoms with Crippen molar-refractivity contribution < 1.29 is 0 Å². The van der Waals surface area contributed by atoms with Crippen molar-refractivity contribution in [3.63, 3.8) is 0 Å². The number of benzene rings is 2. The molecule has 3 aromatic rings. The molecule has 0 saturated carbocycles. The SMILES string of the molecule is CC.Cc1cnc(-c2c(C(C)C)cccc2C(C)C)nc1N1c2ccccc2C(C)C(C)C1C. The molecule has 0 N–H and O–H groups in total. The number of para-hydroxylation sites is 1. The third-order valence-electron chi connectivity index (χ3n) is 7.41. The Morgan fingerprint density at radius 2 is 1.41 bits per heavy atom. The van der Waals surface area contributed by atoms with Gasteiger partial charge in [-0.05, 0) is 60.3 Å². The van der Waals surface area contributed by atoms with Gasteiger partial charge in [-0.15, -0.1) is 0 Å². The molecule has 1 aliphatic heterocycles. The third kappa shape index (κ3) is 4.62. The number of rotatable bonds is 4. The minimum atomic E-state index is 0.353. The van der Waals surface area contributed by atoms with Gasteiger partial charge in [-0.3, -0.25) is 0 Å². The summed E-state index contributed by atoms with van der Waals surface area (Å²) in [6, 6.07) is 15.8. The fourth-order valence-corrected chi connectivity index (χ4v) is 5.16. The highest BCUT2D eigenvalue weighted by molar-refractivity contribution is 5.73. The van der Waals surface area contributed by atoms with E-state index in [0.717, 1.165) is 17.2 Å². The Kier molecular flexibility index (Phi) is 8.17. The normalized spacial score (nSPS) is 19.6. The van der Waals surface area contributed by atoms with Crippen LogP contribution in [0.2, 0.25) is 0 Å². The van der Waals surface area contributed by atoms with Crippen molar-refractivity contribution in [2.24, 2.45) is 5.92 Å². The van der Waals surface area contributed by atoms with Gasteiger partial charge in [-0.1, -0.05) is 91.8 Å². The number of hydrogen-bond donors (Lipinski definition) is 0. The fourth-order valence-electron chi connectivity index (χ4n) is 5.16. The number of aromatic nitrogens is 2. The van der Waals surface area contributed by atoms with Crippen LogP contribution in [0.25, 0.3) is 11.4 Å². The van der Waals surface area contributed by atoms with E-state index < -0.39 is 0 Å². The topological polar surface area (TPSA) is 29.0 Å². The van der Waals surface area contributed by atoms with E-state index >= 15 is 0 Å². The summed E-state index contributed by atoms with van der Waals surface area (Å²) in [5.74, 6) is 3.74. The zero-order chi connectivity index (χ0) is 25.2. The van der Waals surface area contributed by atoms with Gasteiger partial charge in [-0.2, -0.15) is 0 Å². The van der Waals surface area contributed by atoms with E-state index in [0.29, 0.717) is 29.7 Å². The van der Waals surface area contributed by atoms with Gasteiger partial charge < -0.3 is 4.90 Å². The molecule has 1 aromatic heterocycles. The van der Waals surface area contributed by atoms with E-state index in [4.69, 9.17) is 9.97 Å². The van der Waals surface area contributed by atoms with E-state index in [1.165, 1.54) is 27.9 Å². The molecule has 3 heteroatoms. The Bertz CT molecular complexity index is 1090. The first-order valence-corrected chi connectivity index (χ1v) is 13.1. The Morgan fingerprint density at radius 3 is 2.00 bits per heavy atom. The van der Waals surface area contributed by atoms with Crippen molar-refractivity contribution in [1.29, 1.82) is 0 Å². The van der Waals surface area contributed by atoms with Gasteiger partial charge in [0.2, 0.25) is 0 Å². The maximum Gasteiger partial charge on any atom is 0.162 e. The monoisotopic (exact) mass is 457 g/mol. The smallest absolute Gasteiger partial charge is 0.162 e. The zero-order valence-electron chi connectivity index (χ0n) is 22.8. The molecule has 0 spiro atoms. The highest BCUT2D eigenvalue weighted by Crippen LogP contribution is 2.46. The van der Waals surface area contributed by atoms with Crippen molar-refractivity contribution in [3.05, 3.63) is 70.9 Å². The van der Waals surface area contributed by atoms with Gasteiger partial charge in [0.25, 0.3) is 0 Å². The van der Waals surface area contributed by atoms with E-state index in [1.54, 1.807) is 0 Å². The lowest BCUT2D eigenvalue weighted by atomic mass is 9.79. The first-order chi connectivity index (χ1) is 16.2. The molecule has 3 unspecified atom stereocenters. The van der Waals surface area contributed by atoms with Crippen molar-refractivity contribution in [2.45, 2.75) is 93.0 Å². The van der Waals surface area contributed by atoms with Crippen LogP contribution in [0.5, 0.6) is 0 Å². The van der Waals surface area contributed by atoms with Crippen molar-refractivity contribution in [1.82, 2.24) is 9.97 Å². The second kappa shape index (κ2) is 10.7. The Balaban J connectivity index is 0.00000158. The van der Waals surface area contributed by atoms with Crippen LogP contribution in [0.1, 0.15) is 102 Å². The standard InChI is InChI=1S/C29H37N3.C2H6/c1-17(2)23-13-11-14-24(18(3)4)27(23)28-30-16-19(5)29(31-28)32-22(8)20(6)21(7)25-12-9-10-15-26(25)32;1-2/h9-18,20-22H,1-8H3;1-2H3. The lowest BCUT2D eigenvalue weighted by Crippen LogP contribution is -2.41. The van der Waals surface area contributed by atoms with Gasteiger partial charge in [0.1, 0.15) is 5.82 Å². The van der Waals surface area contributed by atoms with Crippen molar-refractivity contribution >= 4 is 11.5 Å². The molecule has 3 atom stereocenters. The number of anilines is 2. The molecule has 0 bridgehead atoms. The van der Waals surface area contributed by atoms with E-state index in [9.17, 15) is 0 Å². The van der Waals surface area contributed by atoms with Gasteiger partial charge in [0.05, 0.1) is 0 Å². The molecule has 0 radical (unpaired) electrons. The van der Waals surface area contributed by atoms with E-state index in [2.05, 4.69) is 103 Å².